The molecule has 5 nitrogen and oxygen atoms in total. The van der Waals surface area contributed by atoms with Crippen molar-refractivity contribution in [1.82, 2.24) is 0 Å². The fourth-order valence-corrected chi connectivity index (χ4v) is 2.84. The number of hydrogen-bond acceptors (Lipinski definition) is 4. The SMILES string of the molecule is CC(C)Oc1cc(NC2C(C)(C)C2(C)C)cc([N+](=O)[O-])c1. The third kappa shape index (κ3) is 2.82. The average Bonchev–Trinajstić information content (AvgIpc) is 2.70. The fourth-order valence-electron chi connectivity index (χ4n) is 2.84. The average molecular weight is 292 g/mol. The standard InChI is InChI=1S/C16H24N2O3/c1-10(2)21-13-8-11(7-12(9-13)18(19)20)17-14-15(3,4)16(14,5)6/h7-10,14,17H,1-6H3. The zero-order valence-corrected chi connectivity index (χ0v) is 13.6. The van der Waals surface area contributed by atoms with Gasteiger partial charge in [0, 0.05) is 23.9 Å². The van der Waals surface area contributed by atoms with Crippen molar-refractivity contribution in [3.8, 4) is 5.75 Å². The molecule has 1 N–H and O–H groups in total. The van der Waals surface area contributed by atoms with Crippen LogP contribution in [0.3, 0.4) is 0 Å². The minimum Gasteiger partial charge on any atom is -0.491 e. The van der Waals surface area contributed by atoms with E-state index in [-0.39, 0.29) is 27.5 Å². The zero-order chi connectivity index (χ0) is 16.0. The molecule has 0 bridgehead atoms. The summed E-state index contributed by atoms with van der Waals surface area (Å²) in [6.45, 7) is 12.6. The van der Waals surface area contributed by atoms with Gasteiger partial charge in [-0.2, -0.15) is 0 Å². The number of anilines is 1. The maximum absolute atomic E-state index is 11.1. The Hall–Kier alpha value is -1.78. The molecule has 2 rings (SSSR count). The van der Waals surface area contributed by atoms with E-state index in [0.717, 1.165) is 5.69 Å². The molecule has 5 heteroatoms. The van der Waals surface area contributed by atoms with Gasteiger partial charge in [-0.05, 0) is 24.7 Å². The van der Waals surface area contributed by atoms with E-state index >= 15 is 0 Å². The number of nitro groups is 1. The maximum atomic E-state index is 11.1. The highest BCUT2D eigenvalue weighted by atomic mass is 16.6. The van der Waals surface area contributed by atoms with Crippen LogP contribution in [0.1, 0.15) is 41.5 Å². The molecule has 0 saturated heterocycles. The largest absolute Gasteiger partial charge is 0.491 e. The Morgan fingerprint density at radius 1 is 1.19 bits per heavy atom. The van der Waals surface area contributed by atoms with Gasteiger partial charge in [0.25, 0.3) is 5.69 Å². The van der Waals surface area contributed by atoms with Gasteiger partial charge in [0.1, 0.15) is 5.75 Å². The summed E-state index contributed by atoms with van der Waals surface area (Å²) >= 11 is 0. The summed E-state index contributed by atoms with van der Waals surface area (Å²) in [4.78, 5) is 10.7. The summed E-state index contributed by atoms with van der Waals surface area (Å²) in [5.74, 6) is 0.526. The molecule has 0 spiro atoms. The predicted molar refractivity (Wildman–Crippen MR) is 83.8 cm³/mol. The molecule has 0 heterocycles. The molecule has 1 aromatic carbocycles. The van der Waals surface area contributed by atoms with Gasteiger partial charge in [-0.15, -0.1) is 0 Å². The molecule has 116 valence electrons. The normalized spacial score (nSPS) is 19.4. The number of nitro benzene ring substituents is 1. The highest BCUT2D eigenvalue weighted by Crippen LogP contribution is 2.63. The van der Waals surface area contributed by atoms with Crippen molar-refractivity contribution in [3.05, 3.63) is 28.3 Å². The lowest BCUT2D eigenvalue weighted by Gasteiger charge is -2.13. The molecular formula is C16H24N2O3. The maximum Gasteiger partial charge on any atom is 0.275 e. The molecule has 0 unspecified atom stereocenters. The smallest absolute Gasteiger partial charge is 0.275 e. The number of hydrogen-bond donors (Lipinski definition) is 1. The van der Waals surface area contributed by atoms with Crippen LogP contribution in [0, 0.1) is 20.9 Å². The third-order valence-electron chi connectivity index (χ3n) is 4.81. The number of nitrogens with zero attached hydrogens (tertiary/aromatic N) is 1. The molecular weight excluding hydrogens is 268 g/mol. The Kier molecular flexibility index (Phi) is 3.64. The van der Waals surface area contributed by atoms with Crippen LogP contribution in [0.4, 0.5) is 11.4 Å². The number of benzene rings is 1. The van der Waals surface area contributed by atoms with Crippen LogP contribution in [0.2, 0.25) is 0 Å². The molecule has 1 aliphatic rings. The first kappa shape index (κ1) is 15.6. The Labute approximate surface area is 125 Å². The Morgan fingerprint density at radius 3 is 2.19 bits per heavy atom. The van der Waals surface area contributed by atoms with Crippen molar-refractivity contribution in [2.24, 2.45) is 10.8 Å². The van der Waals surface area contributed by atoms with Gasteiger partial charge in [-0.25, -0.2) is 0 Å². The van der Waals surface area contributed by atoms with E-state index in [4.69, 9.17) is 4.74 Å². The highest BCUT2D eigenvalue weighted by Gasteiger charge is 2.64. The number of ether oxygens (including phenoxy) is 1. The quantitative estimate of drug-likeness (QED) is 0.651. The van der Waals surface area contributed by atoms with Crippen LogP contribution in [0.5, 0.6) is 5.75 Å². The summed E-state index contributed by atoms with van der Waals surface area (Å²) in [7, 11) is 0. The van der Waals surface area contributed by atoms with Crippen LogP contribution in [-0.2, 0) is 0 Å². The van der Waals surface area contributed by atoms with E-state index in [1.807, 2.05) is 19.9 Å². The van der Waals surface area contributed by atoms with Gasteiger partial charge in [0.05, 0.1) is 17.1 Å². The molecule has 0 amide bonds. The predicted octanol–water partition coefficient (Wildman–Crippen LogP) is 4.23. The topological polar surface area (TPSA) is 64.4 Å². The van der Waals surface area contributed by atoms with Gasteiger partial charge in [-0.1, -0.05) is 27.7 Å². The van der Waals surface area contributed by atoms with Crippen molar-refractivity contribution in [3.63, 3.8) is 0 Å². The van der Waals surface area contributed by atoms with Crippen molar-refractivity contribution in [2.45, 2.75) is 53.7 Å². The minimum atomic E-state index is -0.387. The highest BCUT2D eigenvalue weighted by molar-refractivity contribution is 5.58. The lowest BCUT2D eigenvalue weighted by Crippen LogP contribution is -2.11. The van der Waals surface area contributed by atoms with Crippen LogP contribution in [0.25, 0.3) is 0 Å². The number of nitrogens with one attached hydrogen (secondary N) is 1. The third-order valence-corrected chi connectivity index (χ3v) is 4.81. The summed E-state index contributed by atoms with van der Waals surface area (Å²) in [5, 5.41) is 14.5. The molecule has 21 heavy (non-hydrogen) atoms. The molecule has 0 aliphatic heterocycles. The van der Waals surface area contributed by atoms with Crippen LogP contribution in [0.15, 0.2) is 18.2 Å². The summed E-state index contributed by atoms with van der Waals surface area (Å²) < 4.78 is 5.61. The lowest BCUT2D eigenvalue weighted by atomic mass is 10.0. The molecule has 1 aliphatic carbocycles. The molecule has 1 saturated carbocycles. The Bertz CT molecular complexity index is 551. The van der Waals surface area contributed by atoms with Gasteiger partial charge in [0.2, 0.25) is 0 Å². The van der Waals surface area contributed by atoms with E-state index in [1.54, 1.807) is 6.07 Å². The second-order valence-corrected chi connectivity index (χ2v) is 7.16. The van der Waals surface area contributed by atoms with Crippen LogP contribution in [-0.4, -0.2) is 17.1 Å². The molecule has 0 radical (unpaired) electrons. The first-order valence-electron chi connectivity index (χ1n) is 7.28. The van der Waals surface area contributed by atoms with E-state index in [2.05, 4.69) is 33.0 Å². The summed E-state index contributed by atoms with van der Waals surface area (Å²) in [6.07, 6.45) is -0.0198. The fraction of sp³-hybridized carbons (Fsp3) is 0.625. The van der Waals surface area contributed by atoms with E-state index in [9.17, 15) is 10.1 Å². The Morgan fingerprint density at radius 2 is 1.76 bits per heavy atom. The van der Waals surface area contributed by atoms with E-state index in [1.165, 1.54) is 6.07 Å². The van der Waals surface area contributed by atoms with Gasteiger partial charge in [-0.3, -0.25) is 10.1 Å². The van der Waals surface area contributed by atoms with Crippen molar-refractivity contribution in [2.75, 3.05) is 5.32 Å². The molecule has 0 atom stereocenters. The van der Waals surface area contributed by atoms with Gasteiger partial charge >= 0.3 is 0 Å². The minimum absolute atomic E-state index is 0.0198. The molecule has 1 aromatic rings. The first-order valence-corrected chi connectivity index (χ1v) is 7.28. The van der Waals surface area contributed by atoms with E-state index in [0.29, 0.717) is 11.8 Å². The monoisotopic (exact) mass is 292 g/mol. The first-order chi connectivity index (χ1) is 9.55. The Balaban J connectivity index is 2.27. The van der Waals surface area contributed by atoms with Gasteiger partial charge < -0.3 is 10.1 Å². The second kappa shape index (κ2) is 4.90. The van der Waals surface area contributed by atoms with Crippen molar-refractivity contribution in [1.29, 1.82) is 0 Å². The number of rotatable bonds is 5. The molecule has 1 fully saturated rings. The summed E-state index contributed by atoms with van der Waals surface area (Å²) in [5.41, 5.74) is 1.11. The van der Waals surface area contributed by atoms with E-state index < -0.39 is 0 Å². The zero-order valence-electron chi connectivity index (χ0n) is 13.6. The van der Waals surface area contributed by atoms with Gasteiger partial charge in [0.15, 0.2) is 0 Å². The summed E-state index contributed by atoms with van der Waals surface area (Å²) in [6, 6.07) is 5.16. The molecule has 0 aromatic heterocycles. The number of non-ortho nitro benzene ring substituents is 1. The van der Waals surface area contributed by atoms with Crippen LogP contribution >= 0.6 is 0 Å². The van der Waals surface area contributed by atoms with Crippen molar-refractivity contribution >= 4 is 11.4 Å². The van der Waals surface area contributed by atoms with Crippen LogP contribution < -0.4 is 10.1 Å². The van der Waals surface area contributed by atoms with Crippen molar-refractivity contribution < 1.29 is 9.66 Å². The second-order valence-electron chi connectivity index (χ2n) is 7.16. The lowest BCUT2D eigenvalue weighted by molar-refractivity contribution is -0.384.